The Kier molecular flexibility index (Phi) is 4.33. The zero-order valence-electron chi connectivity index (χ0n) is 9.29. The summed E-state index contributed by atoms with van der Waals surface area (Å²) in [7, 11) is 0. The fourth-order valence-corrected chi connectivity index (χ4v) is 2.82. The molecule has 1 heterocycles. The van der Waals surface area contributed by atoms with E-state index in [9.17, 15) is 5.11 Å². The number of aromatic nitrogens is 3. The molecule has 0 aliphatic carbocycles. The molecule has 4 nitrogen and oxygen atoms in total. The second kappa shape index (κ2) is 5.62. The molecule has 0 fully saturated rings. The van der Waals surface area contributed by atoms with E-state index in [-0.39, 0.29) is 6.54 Å². The fraction of sp³-hybridized carbons (Fsp3) is 0.273. The molecule has 1 N–H and O–H groups in total. The summed E-state index contributed by atoms with van der Waals surface area (Å²) in [4.78, 5) is 3.85. The Balaban J connectivity index is 2.36. The zero-order valence-corrected chi connectivity index (χ0v) is 12.7. The van der Waals surface area contributed by atoms with E-state index < -0.39 is 5.60 Å². The van der Waals surface area contributed by atoms with Crippen molar-refractivity contribution in [2.45, 2.75) is 17.4 Å². The maximum atomic E-state index is 10.7. The SMILES string of the molecule is OC(C[As])(Cn1cncn1)c1ccc(Cl)cc1Cl. The third-order valence-electron chi connectivity index (χ3n) is 2.58. The summed E-state index contributed by atoms with van der Waals surface area (Å²) in [6, 6.07) is 5.06. The van der Waals surface area contributed by atoms with E-state index in [1.54, 1.807) is 29.2 Å². The summed E-state index contributed by atoms with van der Waals surface area (Å²) in [5, 5.41) is 16.1. The normalized spacial score (nSPS) is 14.4. The number of halogens is 2. The molecule has 2 radical (unpaired) electrons. The van der Waals surface area contributed by atoms with Crippen molar-refractivity contribution in [3.05, 3.63) is 46.5 Å². The van der Waals surface area contributed by atoms with E-state index in [0.29, 0.717) is 20.8 Å². The predicted octanol–water partition coefficient (Wildman–Crippen LogP) is 2.06. The van der Waals surface area contributed by atoms with Gasteiger partial charge in [0.2, 0.25) is 0 Å². The van der Waals surface area contributed by atoms with Crippen LogP contribution in [-0.4, -0.2) is 36.7 Å². The van der Waals surface area contributed by atoms with Crippen molar-refractivity contribution >= 4 is 40.1 Å². The Morgan fingerprint density at radius 3 is 2.72 bits per heavy atom. The average Bonchev–Trinajstić information content (AvgIpc) is 2.81. The number of rotatable bonds is 4. The third kappa shape index (κ3) is 2.89. The number of hydrogen-bond acceptors (Lipinski definition) is 3. The van der Waals surface area contributed by atoms with Gasteiger partial charge in [0, 0.05) is 0 Å². The van der Waals surface area contributed by atoms with Crippen LogP contribution >= 0.6 is 23.2 Å². The molecule has 0 bridgehead atoms. The van der Waals surface area contributed by atoms with Gasteiger partial charge in [-0.3, -0.25) is 0 Å². The van der Waals surface area contributed by atoms with Crippen LogP contribution in [0.4, 0.5) is 0 Å². The summed E-state index contributed by atoms with van der Waals surface area (Å²) in [5.41, 5.74) is -0.486. The van der Waals surface area contributed by atoms with Crippen LogP contribution in [-0.2, 0) is 12.1 Å². The van der Waals surface area contributed by atoms with Crippen LogP contribution in [0.3, 0.4) is 0 Å². The van der Waals surface area contributed by atoms with Crippen molar-refractivity contribution in [2.75, 3.05) is 0 Å². The monoisotopic (exact) mass is 345 g/mol. The molecule has 0 saturated carbocycles. The van der Waals surface area contributed by atoms with Gasteiger partial charge in [-0.2, -0.15) is 0 Å². The van der Waals surface area contributed by atoms with Crippen molar-refractivity contribution in [3.8, 4) is 0 Å². The van der Waals surface area contributed by atoms with Gasteiger partial charge in [-0.05, 0) is 0 Å². The molecule has 1 aromatic carbocycles. The summed E-state index contributed by atoms with van der Waals surface area (Å²) in [6.07, 6.45) is 2.98. The van der Waals surface area contributed by atoms with Crippen LogP contribution in [0.25, 0.3) is 0 Å². The summed E-state index contributed by atoms with van der Waals surface area (Å²) in [5.74, 6) is 0. The number of aliphatic hydroxyl groups is 1. The molecule has 1 aromatic heterocycles. The molecule has 0 aliphatic heterocycles. The van der Waals surface area contributed by atoms with E-state index >= 15 is 0 Å². The Morgan fingerprint density at radius 2 is 2.17 bits per heavy atom. The molecule has 0 saturated heterocycles. The molecule has 7 heteroatoms. The second-order valence-electron chi connectivity index (χ2n) is 3.91. The van der Waals surface area contributed by atoms with Crippen LogP contribution in [0.1, 0.15) is 5.56 Å². The molecular weight excluding hydrogens is 336 g/mol. The Morgan fingerprint density at radius 1 is 1.39 bits per heavy atom. The van der Waals surface area contributed by atoms with E-state index in [2.05, 4.69) is 26.9 Å². The van der Waals surface area contributed by atoms with Crippen LogP contribution in [0, 0.1) is 0 Å². The minimum absolute atomic E-state index is 0.281. The van der Waals surface area contributed by atoms with Crippen molar-refractivity contribution in [1.82, 2.24) is 14.8 Å². The van der Waals surface area contributed by atoms with Gasteiger partial charge >= 0.3 is 124 Å². The molecule has 18 heavy (non-hydrogen) atoms. The molecular formula is C11H10AsCl2N3O. The molecule has 1 unspecified atom stereocenters. The molecule has 0 spiro atoms. The van der Waals surface area contributed by atoms with Crippen molar-refractivity contribution in [3.63, 3.8) is 0 Å². The molecule has 0 aliphatic rings. The maximum absolute atomic E-state index is 10.7. The van der Waals surface area contributed by atoms with Gasteiger partial charge < -0.3 is 0 Å². The second-order valence-corrected chi connectivity index (χ2v) is 5.41. The van der Waals surface area contributed by atoms with Gasteiger partial charge in [0.05, 0.1) is 0 Å². The first-order valence-corrected chi connectivity index (χ1v) is 7.24. The topological polar surface area (TPSA) is 50.9 Å². The van der Waals surface area contributed by atoms with Gasteiger partial charge in [-0.25, -0.2) is 0 Å². The summed E-state index contributed by atoms with van der Waals surface area (Å²) < 4.78 is 1.57. The fourth-order valence-electron chi connectivity index (χ4n) is 1.67. The Bertz CT molecular complexity index is 535. The first-order valence-electron chi connectivity index (χ1n) is 5.16. The summed E-state index contributed by atoms with van der Waals surface area (Å²) in [6.45, 7) is 0.281. The van der Waals surface area contributed by atoms with Crippen molar-refractivity contribution in [2.24, 2.45) is 0 Å². The molecule has 2 aromatic rings. The quantitative estimate of drug-likeness (QED) is 0.863. The van der Waals surface area contributed by atoms with Crippen molar-refractivity contribution in [1.29, 1.82) is 0 Å². The standard InChI is InChI=1S/C11H10AsCl2N3O/c12-4-11(18,5-17-7-15-6-16-17)9-2-1-8(13)3-10(9)14/h1-3,6-7,18H,4-5H2. The zero-order chi connectivity index (χ0) is 13.2. The molecule has 0 amide bonds. The minimum atomic E-state index is -1.12. The van der Waals surface area contributed by atoms with Crippen molar-refractivity contribution < 1.29 is 5.11 Å². The predicted molar refractivity (Wildman–Crippen MR) is 70.9 cm³/mol. The van der Waals surface area contributed by atoms with Gasteiger partial charge in [-0.1, -0.05) is 0 Å². The molecule has 94 valence electrons. The van der Waals surface area contributed by atoms with Gasteiger partial charge in [0.25, 0.3) is 0 Å². The number of hydrogen-bond donors (Lipinski definition) is 1. The van der Waals surface area contributed by atoms with Gasteiger partial charge in [0.15, 0.2) is 0 Å². The average molecular weight is 346 g/mol. The molecule has 1 atom stereocenters. The van der Waals surface area contributed by atoms with E-state index in [0.717, 1.165) is 0 Å². The van der Waals surface area contributed by atoms with Crippen LogP contribution in [0.2, 0.25) is 15.3 Å². The molecule has 2 rings (SSSR count). The van der Waals surface area contributed by atoms with E-state index in [4.69, 9.17) is 23.2 Å². The van der Waals surface area contributed by atoms with E-state index in [1.165, 1.54) is 6.33 Å². The first-order chi connectivity index (χ1) is 8.55. The third-order valence-corrected chi connectivity index (χ3v) is 4.23. The summed E-state index contributed by atoms with van der Waals surface area (Å²) >= 11 is 14.4. The van der Waals surface area contributed by atoms with Crippen LogP contribution in [0.5, 0.6) is 0 Å². The Labute approximate surface area is 123 Å². The van der Waals surface area contributed by atoms with E-state index in [1.807, 2.05) is 0 Å². The Hall–Kier alpha value is -0.542. The first kappa shape index (κ1) is 13.9. The van der Waals surface area contributed by atoms with Gasteiger partial charge in [0.1, 0.15) is 0 Å². The van der Waals surface area contributed by atoms with Crippen LogP contribution in [0.15, 0.2) is 30.9 Å². The van der Waals surface area contributed by atoms with Gasteiger partial charge in [-0.15, -0.1) is 0 Å². The van der Waals surface area contributed by atoms with Crippen LogP contribution < -0.4 is 0 Å². The number of benzene rings is 1. The number of nitrogens with zero attached hydrogens (tertiary/aromatic N) is 3.